The third-order valence-corrected chi connectivity index (χ3v) is 3.24. The molecule has 0 spiro atoms. The number of aliphatic carboxylic acids is 1. The minimum absolute atomic E-state index is 0.460. The zero-order chi connectivity index (χ0) is 12.4. The lowest BCUT2D eigenvalue weighted by atomic mass is 10.1. The molecule has 1 aliphatic heterocycles. The van der Waals surface area contributed by atoms with Gasteiger partial charge in [-0.1, -0.05) is 17.7 Å². The molecule has 2 rings (SSSR count). The molecular formula is C12H15ClN2O2. The van der Waals surface area contributed by atoms with E-state index in [2.05, 4.69) is 5.32 Å². The molecule has 0 amide bonds. The van der Waals surface area contributed by atoms with E-state index in [4.69, 9.17) is 11.6 Å². The largest absolute Gasteiger partial charge is 0.480 e. The molecule has 1 unspecified atom stereocenters. The van der Waals surface area contributed by atoms with Crippen molar-refractivity contribution in [2.24, 2.45) is 0 Å². The molecule has 2 N–H and O–H groups in total. The Hall–Kier alpha value is -1.26. The predicted octanol–water partition coefficient (Wildman–Crippen LogP) is 1.51. The van der Waals surface area contributed by atoms with Gasteiger partial charge < -0.3 is 15.3 Å². The van der Waals surface area contributed by atoms with Crippen molar-refractivity contribution in [1.82, 2.24) is 5.32 Å². The lowest BCUT2D eigenvalue weighted by molar-refractivity contribution is -0.138. The van der Waals surface area contributed by atoms with Crippen LogP contribution >= 0.6 is 11.6 Å². The van der Waals surface area contributed by atoms with Crippen molar-refractivity contribution in [3.63, 3.8) is 0 Å². The Morgan fingerprint density at radius 1 is 1.59 bits per heavy atom. The first-order valence-electron chi connectivity index (χ1n) is 5.56. The summed E-state index contributed by atoms with van der Waals surface area (Å²) in [5.74, 6) is -0.809. The fourth-order valence-corrected chi connectivity index (χ4v) is 2.27. The third-order valence-electron chi connectivity index (χ3n) is 3.01. The molecule has 1 aromatic rings. The number of benzene rings is 1. The van der Waals surface area contributed by atoms with Gasteiger partial charge in [0.2, 0.25) is 0 Å². The minimum Gasteiger partial charge on any atom is -0.480 e. The summed E-state index contributed by atoms with van der Waals surface area (Å²) in [5, 5.41) is 12.9. The van der Waals surface area contributed by atoms with Crippen LogP contribution in [0.1, 0.15) is 5.56 Å². The molecule has 1 aliphatic rings. The minimum atomic E-state index is -0.809. The molecule has 1 saturated heterocycles. The van der Waals surface area contributed by atoms with E-state index in [1.54, 1.807) is 0 Å². The van der Waals surface area contributed by atoms with E-state index in [1.807, 2.05) is 30.0 Å². The van der Waals surface area contributed by atoms with Crippen molar-refractivity contribution < 1.29 is 9.90 Å². The Bertz CT molecular complexity index is 437. The number of nitrogens with zero attached hydrogens (tertiary/aromatic N) is 1. The summed E-state index contributed by atoms with van der Waals surface area (Å²) in [6.07, 6.45) is 0. The van der Waals surface area contributed by atoms with Gasteiger partial charge in [0.1, 0.15) is 6.04 Å². The highest BCUT2D eigenvalue weighted by Gasteiger charge is 2.29. The number of rotatable bonds is 2. The van der Waals surface area contributed by atoms with Gasteiger partial charge in [-0.25, -0.2) is 4.79 Å². The number of piperazine rings is 1. The highest BCUT2D eigenvalue weighted by Crippen LogP contribution is 2.26. The Morgan fingerprint density at radius 3 is 3.06 bits per heavy atom. The molecule has 5 heteroatoms. The average Bonchev–Trinajstić information content (AvgIpc) is 2.32. The van der Waals surface area contributed by atoms with E-state index < -0.39 is 12.0 Å². The standard InChI is InChI=1S/C12H15ClN2O2/c1-8-2-3-9(13)6-10(8)15-5-4-14-7-11(15)12(16)17/h2-3,6,11,14H,4-5,7H2,1H3,(H,16,17). The Kier molecular flexibility index (Phi) is 3.54. The summed E-state index contributed by atoms with van der Waals surface area (Å²) in [4.78, 5) is 13.1. The first-order chi connectivity index (χ1) is 8.09. The van der Waals surface area contributed by atoms with Crippen molar-refractivity contribution in [2.75, 3.05) is 24.5 Å². The number of hydrogen-bond acceptors (Lipinski definition) is 3. The van der Waals surface area contributed by atoms with Gasteiger partial charge in [0.15, 0.2) is 0 Å². The summed E-state index contributed by atoms with van der Waals surface area (Å²) in [7, 11) is 0. The molecule has 0 radical (unpaired) electrons. The van der Waals surface area contributed by atoms with Crippen molar-refractivity contribution >= 4 is 23.3 Å². The van der Waals surface area contributed by atoms with Crippen LogP contribution in [0.5, 0.6) is 0 Å². The van der Waals surface area contributed by atoms with Crippen LogP contribution in [-0.4, -0.2) is 36.8 Å². The highest BCUT2D eigenvalue weighted by molar-refractivity contribution is 6.30. The van der Waals surface area contributed by atoms with E-state index >= 15 is 0 Å². The van der Waals surface area contributed by atoms with Gasteiger partial charge in [0, 0.05) is 30.3 Å². The number of hydrogen-bond donors (Lipinski definition) is 2. The molecule has 17 heavy (non-hydrogen) atoms. The van der Waals surface area contributed by atoms with Crippen LogP contribution in [0.3, 0.4) is 0 Å². The molecule has 92 valence electrons. The molecule has 1 aromatic carbocycles. The second-order valence-electron chi connectivity index (χ2n) is 4.18. The molecule has 0 bridgehead atoms. The number of halogens is 1. The van der Waals surface area contributed by atoms with Crippen LogP contribution in [0.4, 0.5) is 5.69 Å². The fraction of sp³-hybridized carbons (Fsp3) is 0.417. The molecule has 1 fully saturated rings. The highest BCUT2D eigenvalue weighted by atomic mass is 35.5. The number of carbonyl (C=O) groups is 1. The number of nitrogens with one attached hydrogen (secondary N) is 1. The van der Waals surface area contributed by atoms with Gasteiger partial charge >= 0.3 is 5.97 Å². The fourth-order valence-electron chi connectivity index (χ4n) is 2.11. The van der Waals surface area contributed by atoms with Crippen LogP contribution < -0.4 is 10.2 Å². The van der Waals surface area contributed by atoms with E-state index in [9.17, 15) is 9.90 Å². The van der Waals surface area contributed by atoms with Crippen LogP contribution in [0.25, 0.3) is 0 Å². The molecule has 1 heterocycles. The maximum atomic E-state index is 11.2. The smallest absolute Gasteiger partial charge is 0.327 e. The zero-order valence-electron chi connectivity index (χ0n) is 9.61. The lowest BCUT2D eigenvalue weighted by Gasteiger charge is -2.36. The zero-order valence-corrected chi connectivity index (χ0v) is 10.4. The van der Waals surface area contributed by atoms with Gasteiger partial charge in [0.25, 0.3) is 0 Å². The SMILES string of the molecule is Cc1ccc(Cl)cc1N1CCNCC1C(=O)O. The van der Waals surface area contributed by atoms with Gasteiger partial charge in [-0.05, 0) is 24.6 Å². The average molecular weight is 255 g/mol. The van der Waals surface area contributed by atoms with E-state index in [-0.39, 0.29) is 0 Å². The van der Waals surface area contributed by atoms with Crippen molar-refractivity contribution in [3.05, 3.63) is 28.8 Å². The Balaban J connectivity index is 2.35. The van der Waals surface area contributed by atoms with Crippen molar-refractivity contribution in [1.29, 1.82) is 0 Å². The molecular weight excluding hydrogens is 240 g/mol. The summed E-state index contributed by atoms with van der Waals surface area (Å²) < 4.78 is 0. The van der Waals surface area contributed by atoms with Gasteiger partial charge in [-0.15, -0.1) is 0 Å². The molecule has 0 saturated carbocycles. The van der Waals surface area contributed by atoms with E-state index in [0.29, 0.717) is 18.1 Å². The first kappa shape index (κ1) is 12.2. The van der Waals surface area contributed by atoms with Crippen LogP contribution in [-0.2, 0) is 4.79 Å². The van der Waals surface area contributed by atoms with E-state index in [0.717, 1.165) is 17.8 Å². The van der Waals surface area contributed by atoms with Crippen LogP contribution in [0.15, 0.2) is 18.2 Å². The van der Waals surface area contributed by atoms with Gasteiger partial charge in [-0.2, -0.15) is 0 Å². The molecule has 0 aliphatic carbocycles. The van der Waals surface area contributed by atoms with Gasteiger partial charge in [0.05, 0.1) is 0 Å². The predicted molar refractivity (Wildman–Crippen MR) is 67.8 cm³/mol. The second-order valence-corrected chi connectivity index (χ2v) is 4.62. The maximum Gasteiger partial charge on any atom is 0.327 e. The maximum absolute atomic E-state index is 11.2. The number of anilines is 1. The van der Waals surface area contributed by atoms with Crippen LogP contribution in [0.2, 0.25) is 5.02 Å². The summed E-state index contributed by atoms with van der Waals surface area (Å²) in [6, 6.07) is 5.04. The Morgan fingerprint density at radius 2 is 2.35 bits per heavy atom. The number of carboxylic acids is 1. The quantitative estimate of drug-likeness (QED) is 0.840. The van der Waals surface area contributed by atoms with Gasteiger partial charge in [-0.3, -0.25) is 0 Å². The number of aryl methyl sites for hydroxylation is 1. The third kappa shape index (κ3) is 2.53. The van der Waals surface area contributed by atoms with Crippen LogP contribution in [0, 0.1) is 6.92 Å². The monoisotopic (exact) mass is 254 g/mol. The topological polar surface area (TPSA) is 52.6 Å². The summed E-state index contributed by atoms with van der Waals surface area (Å²) in [5.41, 5.74) is 1.95. The second kappa shape index (κ2) is 4.94. The van der Waals surface area contributed by atoms with E-state index in [1.165, 1.54) is 0 Å². The first-order valence-corrected chi connectivity index (χ1v) is 5.93. The van der Waals surface area contributed by atoms with Crippen molar-refractivity contribution in [2.45, 2.75) is 13.0 Å². The normalized spacial score (nSPS) is 20.4. The summed E-state index contributed by atoms with van der Waals surface area (Å²) >= 11 is 5.97. The molecule has 0 aromatic heterocycles. The molecule has 4 nitrogen and oxygen atoms in total. The summed E-state index contributed by atoms with van der Waals surface area (Å²) in [6.45, 7) is 3.89. The molecule has 1 atom stereocenters. The van der Waals surface area contributed by atoms with Crippen molar-refractivity contribution in [3.8, 4) is 0 Å². The number of carboxylic acid groups (broad SMARTS) is 1. The lowest BCUT2D eigenvalue weighted by Crippen LogP contribution is -2.55. The Labute approximate surface area is 105 Å².